The standard InChI is InChI=1S/C16H11N3O/c17-8-13-4-3-5-14(18-13)10-19-9-12(11-20)15-6-1-2-7-16(15)19/h1-7,9,11H,10H2. The van der Waals surface area contributed by atoms with Crippen molar-refractivity contribution in [2.45, 2.75) is 6.54 Å². The van der Waals surface area contributed by atoms with E-state index in [4.69, 9.17) is 5.26 Å². The van der Waals surface area contributed by atoms with Crippen LogP contribution in [0.1, 0.15) is 21.7 Å². The Bertz CT molecular complexity index is 827. The van der Waals surface area contributed by atoms with Crippen LogP contribution in [0.25, 0.3) is 10.9 Å². The third kappa shape index (κ3) is 2.06. The van der Waals surface area contributed by atoms with Gasteiger partial charge in [0.1, 0.15) is 11.8 Å². The zero-order valence-electron chi connectivity index (χ0n) is 10.7. The molecule has 0 saturated heterocycles. The average Bonchev–Trinajstić information content (AvgIpc) is 2.86. The molecule has 0 atom stereocenters. The van der Waals surface area contributed by atoms with E-state index in [2.05, 4.69) is 4.98 Å². The third-order valence-electron chi connectivity index (χ3n) is 3.20. The lowest BCUT2D eigenvalue weighted by Crippen LogP contribution is -2.01. The van der Waals surface area contributed by atoms with Gasteiger partial charge in [-0.05, 0) is 18.2 Å². The predicted molar refractivity (Wildman–Crippen MR) is 75.4 cm³/mol. The van der Waals surface area contributed by atoms with Crippen LogP contribution in [-0.4, -0.2) is 15.8 Å². The van der Waals surface area contributed by atoms with Gasteiger partial charge < -0.3 is 4.57 Å². The number of hydrogen-bond acceptors (Lipinski definition) is 3. The van der Waals surface area contributed by atoms with Crippen molar-refractivity contribution in [3.8, 4) is 6.07 Å². The smallest absolute Gasteiger partial charge is 0.152 e. The largest absolute Gasteiger partial charge is 0.341 e. The molecule has 2 aromatic heterocycles. The number of fused-ring (bicyclic) bond motifs is 1. The topological polar surface area (TPSA) is 58.7 Å². The minimum Gasteiger partial charge on any atom is -0.341 e. The molecular formula is C16H11N3O. The highest BCUT2D eigenvalue weighted by atomic mass is 16.1. The molecule has 0 unspecified atom stereocenters. The number of nitriles is 1. The fraction of sp³-hybridized carbons (Fsp3) is 0.0625. The lowest BCUT2D eigenvalue weighted by atomic mass is 10.2. The monoisotopic (exact) mass is 261 g/mol. The molecule has 0 radical (unpaired) electrons. The molecular weight excluding hydrogens is 250 g/mol. The van der Waals surface area contributed by atoms with Crippen molar-refractivity contribution in [2.75, 3.05) is 0 Å². The Morgan fingerprint density at radius 2 is 2.05 bits per heavy atom. The van der Waals surface area contributed by atoms with E-state index in [1.165, 1.54) is 0 Å². The van der Waals surface area contributed by atoms with E-state index in [0.717, 1.165) is 22.9 Å². The molecule has 2 heterocycles. The highest BCUT2D eigenvalue weighted by molar-refractivity contribution is 5.97. The molecule has 1 aromatic carbocycles. The zero-order valence-corrected chi connectivity index (χ0v) is 10.7. The number of para-hydroxylation sites is 1. The van der Waals surface area contributed by atoms with E-state index in [1.54, 1.807) is 6.07 Å². The van der Waals surface area contributed by atoms with Crippen LogP contribution in [-0.2, 0) is 6.54 Å². The van der Waals surface area contributed by atoms with Gasteiger partial charge in [0.15, 0.2) is 6.29 Å². The van der Waals surface area contributed by atoms with E-state index in [-0.39, 0.29) is 0 Å². The van der Waals surface area contributed by atoms with E-state index in [9.17, 15) is 4.79 Å². The molecule has 96 valence electrons. The normalized spacial score (nSPS) is 10.3. The molecule has 0 fully saturated rings. The Hall–Kier alpha value is -2.93. The van der Waals surface area contributed by atoms with E-state index >= 15 is 0 Å². The first kappa shape index (κ1) is 12.1. The van der Waals surface area contributed by atoms with Gasteiger partial charge in [0, 0.05) is 22.7 Å². The Balaban J connectivity index is 2.06. The van der Waals surface area contributed by atoms with Crippen LogP contribution in [0, 0.1) is 11.3 Å². The van der Waals surface area contributed by atoms with Gasteiger partial charge in [-0.3, -0.25) is 4.79 Å². The number of hydrogen-bond donors (Lipinski definition) is 0. The Morgan fingerprint density at radius 1 is 1.20 bits per heavy atom. The molecule has 3 aromatic rings. The van der Waals surface area contributed by atoms with Crippen molar-refractivity contribution >= 4 is 17.2 Å². The van der Waals surface area contributed by atoms with E-state index < -0.39 is 0 Å². The highest BCUT2D eigenvalue weighted by Crippen LogP contribution is 2.20. The van der Waals surface area contributed by atoms with Gasteiger partial charge in [0.2, 0.25) is 0 Å². The first-order chi connectivity index (χ1) is 9.81. The SMILES string of the molecule is N#Cc1cccc(Cn2cc(C=O)c3ccccc32)n1. The fourth-order valence-corrected chi connectivity index (χ4v) is 2.30. The van der Waals surface area contributed by atoms with Crippen molar-refractivity contribution in [3.63, 3.8) is 0 Å². The lowest BCUT2D eigenvalue weighted by molar-refractivity contribution is 0.112. The summed E-state index contributed by atoms with van der Waals surface area (Å²) in [5.41, 5.74) is 2.84. The van der Waals surface area contributed by atoms with Gasteiger partial charge >= 0.3 is 0 Å². The molecule has 0 N–H and O–H groups in total. The first-order valence-corrected chi connectivity index (χ1v) is 6.21. The molecule has 0 saturated carbocycles. The van der Waals surface area contributed by atoms with Gasteiger partial charge in [-0.1, -0.05) is 24.3 Å². The zero-order chi connectivity index (χ0) is 13.9. The Kier molecular flexibility index (Phi) is 3.02. The summed E-state index contributed by atoms with van der Waals surface area (Å²) >= 11 is 0. The minimum absolute atomic E-state index is 0.398. The second kappa shape index (κ2) is 4.98. The van der Waals surface area contributed by atoms with Crippen LogP contribution >= 0.6 is 0 Å². The first-order valence-electron chi connectivity index (χ1n) is 6.21. The molecule has 0 amide bonds. The second-order valence-electron chi connectivity index (χ2n) is 4.47. The number of carbonyl (C=O) groups is 1. The van der Waals surface area contributed by atoms with Crippen LogP contribution in [0.2, 0.25) is 0 Å². The summed E-state index contributed by atoms with van der Waals surface area (Å²) in [5, 5.41) is 9.81. The highest BCUT2D eigenvalue weighted by Gasteiger charge is 2.08. The summed E-state index contributed by atoms with van der Waals surface area (Å²) in [6.07, 6.45) is 2.68. The van der Waals surface area contributed by atoms with Gasteiger partial charge in [0.05, 0.1) is 12.2 Å². The molecule has 0 aliphatic rings. The van der Waals surface area contributed by atoms with Gasteiger partial charge in [0.25, 0.3) is 0 Å². The van der Waals surface area contributed by atoms with Crippen molar-refractivity contribution < 1.29 is 4.79 Å². The Labute approximate surface area is 115 Å². The van der Waals surface area contributed by atoms with Crippen LogP contribution in [0.5, 0.6) is 0 Å². The quantitative estimate of drug-likeness (QED) is 0.681. The number of rotatable bonds is 3. The van der Waals surface area contributed by atoms with Crippen LogP contribution in [0.15, 0.2) is 48.7 Å². The number of aromatic nitrogens is 2. The second-order valence-corrected chi connectivity index (χ2v) is 4.47. The summed E-state index contributed by atoms with van der Waals surface area (Å²) in [5.74, 6) is 0. The number of aldehydes is 1. The summed E-state index contributed by atoms with van der Waals surface area (Å²) < 4.78 is 1.97. The minimum atomic E-state index is 0.398. The average molecular weight is 261 g/mol. The number of carbonyl (C=O) groups excluding carboxylic acids is 1. The molecule has 0 bridgehead atoms. The maximum atomic E-state index is 11.1. The van der Waals surface area contributed by atoms with E-state index in [0.29, 0.717) is 17.8 Å². The number of pyridine rings is 1. The van der Waals surface area contributed by atoms with Crippen LogP contribution < -0.4 is 0 Å². The Morgan fingerprint density at radius 3 is 2.85 bits per heavy atom. The fourth-order valence-electron chi connectivity index (χ4n) is 2.30. The maximum Gasteiger partial charge on any atom is 0.152 e. The molecule has 4 nitrogen and oxygen atoms in total. The number of benzene rings is 1. The van der Waals surface area contributed by atoms with Gasteiger partial charge in [-0.15, -0.1) is 0 Å². The van der Waals surface area contributed by atoms with Crippen LogP contribution in [0.4, 0.5) is 0 Å². The lowest BCUT2D eigenvalue weighted by Gasteiger charge is -2.04. The molecule has 20 heavy (non-hydrogen) atoms. The summed E-state index contributed by atoms with van der Waals surface area (Å²) in [6.45, 7) is 0.532. The maximum absolute atomic E-state index is 11.1. The number of nitrogens with zero attached hydrogens (tertiary/aromatic N) is 3. The van der Waals surface area contributed by atoms with E-state index in [1.807, 2.05) is 53.2 Å². The van der Waals surface area contributed by atoms with Crippen molar-refractivity contribution in [2.24, 2.45) is 0 Å². The molecule has 0 spiro atoms. The van der Waals surface area contributed by atoms with Gasteiger partial charge in [-0.25, -0.2) is 4.98 Å². The molecule has 3 rings (SSSR count). The summed E-state index contributed by atoms with van der Waals surface area (Å²) in [4.78, 5) is 15.4. The van der Waals surface area contributed by atoms with Crippen molar-refractivity contribution in [3.05, 3.63) is 65.6 Å². The van der Waals surface area contributed by atoms with Crippen molar-refractivity contribution in [1.82, 2.24) is 9.55 Å². The van der Waals surface area contributed by atoms with Crippen LogP contribution in [0.3, 0.4) is 0 Å². The predicted octanol–water partition coefficient (Wildman–Crippen LogP) is 2.77. The molecule has 4 heteroatoms. The van der Waals surface area contributed by atoms with Crippen molar-refractivity contribution in [1.29, 1.82) is 5.26 Å². The summed E-state index contributed by atoms with van der Waals surface area (Å²) in [7, 11) is 0. The molecule has 0 aliphatic carbocycles. The molecule has 0 aliphatic heterocycles. The third-order valence-corrected chi connectivity index (χ3v) is 3.20. The summed E-state index contributed by atoms with van der Waals surface area (Å²) in [6, 6.07) is 15.1. The van der Waals surface area contributed by atoms with Gasteiger partial charge in [-0.2, -0.15) is 5.26 Å².